The van der Waals surface area contributed by atoms with Gasteiger partial charge in [0.05, 0.1) is 19.4 Å². The van der Waals surface area contributed by atoms with Gasteiger partial charge in [-0.3, -0.25) is 4.90 Å². The maximum absolute atomic E-state index is 13.9. The number of carbonyl (C=O) groups excluding carboxylic acids is 1. The number of fused-ring (bicyclic) bond motifs is 2. The quantitative estimate of drug-likeness (QED) is 0.479. The summed E-state index contributed by atoms with van der Waals surface area (Å²) in [6.07, 6.45) is 0.786. The van der Waals surface area contributed by atoms with Gasteiger partial charge in [-0.05, 0) is 69.1 Å². The lowest BCUT2D eigenvalue weighted by molar-refractivity contribution is -0.142. The van der Waals surface area contributed by atoms with Crippen molar-refractivity contribution in [1.82, 2.24) is 19.5 Å². The number of aromatic nitrogens is 3. The molecule has 1 aromatic carbocycles. The number of hydrogen-bond acceptors (Lipinski definition) is 6. The van der Waals surface area contributed by atoms with Crippen LogP contribution in [-0.2, 0) is 10.9 Å². The van der Waals surface area contributed by atoms with E-state index < -0.39 is 17.8 Å². The lowest BCUT2D eigenvalue weighted by Crippen LogP contribution is -2.49. The third kappa shape index (κ3) is 4.84. The molecule has 186 valence electrons. The van der Waals surface area contributed by atoms with Gasteiger partial charge < -0.3 is 9.47 Å². The van der Waals surface area contributed by atoms with Crippen molar-refractivity contribution in [3.63, 3.8) is 0 Å². The number of piperidine rings is 2. The minimum Gasteiger partial charge on any atom is -0.497 e. The molecule has 2 aromatic heterocycles. The molecule has 0 N–H and O–H groups in total. The van der Waals surface area contributed by atoms with Crippen LogP contribution < -0.4 is 4.74 Å². The number of ether oxygens (including phenoxy) is 2. The Morgan fingerprint density at radius 1 is 1.09 bits per heavy atom. The number of hydrogen-bond donors (Lipinski definition) is 0. The molecule has 2 aliphatic rings. The van der Waals surface area contributed by atoms with Gasteiger partial charge in [0.1, 0.15) is 5.75 Å². The maximum Gasteiger partial charge on any atom is 0.433 e. The molecule has 0 radical (unpaired) electrons. The second-order valence-corrected chi connectivity index (χ2v) is 9.15. The Hall–Kier alpha value is -3.14. The first-order valence-electron chi connectivity index (χ1n) is 11.9. The Balaban J connectivity index is 1.40. The van der Waals surface area contributed by atoms with Crippen molar-refractivity contribution in [3.05, 3.63) is 47.8 Å². The molecule has 3 aromatic rings. The van der Waals surface area contributed by atoms with E-state index in [-0.39, 0.29) is 29.6 Å². The van der Waals surface area contributed by atoms with E-state index in [9.17, 15) is 18.0 Å². The van der Waals surface area contributed by atoms with E-state index >= 15 is 0 Å². The van der Waals surface area contributed by atoms with Crippen molar-refractivity contribution < 1.29 is 27.4 Å². The van der Waals surface area contributed by atoms with Gasteiger partial charge in [0.15, 0.2) is 17.0 Å². The molecule has 2 atom stereocenters. The molecule has 5 rings (SSSR count). The van der Waals surface area contributed by atoms with Gasteiger partial charge in [0.25, 0.3) is 0 Å². The molecule has 0 bridgehead atoms. The van der Waals surface area contributed by atoms with Crippen molar-refractivity contribution in [2.45, 2.75) is 44.3 Å². The fourth-order valence-corrected chi connectivity index (χ4v) is 5.21. The predicted octanol–water partition coefficient (Wildman–Crippen LogP) is 4.85. The summed E-state index contributed by atoms with van der Waals surface area (Å²) in [6, 6.07) is 9.12. The summed E-state index contributed by atoms with van der Waals surface area (Å²) >= 11 is 0. The number of halogens is 3. The number of rotatable bonds is 5. The molecule has 0 amide bonds. The Kier molecular flexibility index (Phi) is 6.39. The molecule has 4 heterocycles. The van der Waals surface area contributed by atoms with Crippen molar-refractivity contribution in [2.75, 3.05) is 26.8 Å². The van der Waals surface area contributed by atoms with Crippen molar-refractivity contribution in [2.24, 2.45) is 5.92 Å². The Bertz CT molecular complexity index is 1210. The van der Waals surface area contributed by atoms with E-state index in [2.05, 4.69) is 15.0 Å². The van der Waals surface area contributed by atoms with Gasteiger partial charge in [0, 0.05) is 23.6 Å². The van der Waals surface area contributed by atoms with Gasteiger partial charge in [-0.1, -0.05) is 6.42 Å². The van der Waals surface area contributed by atoms with Crippen LogP contribution in [0.4, 0.5) is 13.2 Å². The average Bonchev–Trinajstić information content (AvgIpc) is 3.30. The van der Waals surface area contributed by atoms with E-state index in [1.807, 2.05) is 0 Å². The Labute approximate surface area is 200 Å². The highest BCUT2D eigenvalue weighted by molar-refractivity contribution is 5.88. The molecule has 2 saturated heterocycles. The van der Waals surface area contributed by atoms with Crippen LogP contribution in [0.1, 0.15) is 48.3 Å². The molecule has 2 fully saturated rings. The highest BCUT2D eigenvalue weighted by Gasteiger charge is 2.36. The average molecular weight is 489 g/mol. The number of esters is 1. The largest absolute Gasteiger partial charge is 0.497 e. The van der Waals surface area contributed by atoms with E-state index in [1.165, 1.54) is 26.0 Å². The molecule has 0 unspecified atom stereocenters. The predicted molar refractivity (Wildman–Crippen MR) is 122 cm³/mol. The second kappa shape index (κ2) is 9.49. The first-order chi connectivity index (χ1) is 16.8. The van der Waals surface area contributed by atoms with Gasteiger partial charge in [-0.25, -0.2) is 14.3 Å². The monoisotopic (exact) mass is 488 g/mol. The molecule has 0 aliphatic carbocycles. The third-order valence-electron chi connectivity index (χ3n) is 6.97. The van der Waals surface area contributed by atoms with Crippen LogP contribution in [0.2, 0.25) is 0 Å². The molecular formula is C25H27F3N4O3. The van der Waals surface area contributed by atoms with Crippen LogP contribution >= 0.6 is 0 Å². The van der Waals surface area contributed by atoms with Crippen LogP contribution in [0.3, 0.4) is 0 Å². The van der Waals surface area contributed by atoms with Crippen molar-refractivity contribution in [3.8, 4) is 17.0 Å². The highest BCUT2D eigenvalue weighted by atomic mass is 19.4. The number of carbonyl (C=O) groups is 1. The Morgan fingerprint density at radius 3 is 2.60 bits per heavy atom. The smallest absolute Gasteiger partial charge is 0.433 e. The summed E-state index contributed by atoms with van der Waals surface area (Å²) in [7, 11) is 1.51. The summed E-state index contributed by atoms with van der Waals surface area (Å²) in [5, 5.41) is 3.92. The molecule has 0 spiro atoms. The lowest BCUT2D eigenvalue weighted by Gasteiger charge is -2.44. The maximum atomic E-state index is 13.9. The van der Waals surface area contributed by atoms with E-state index in [1.54, 1.807) is 24.3 Å². The zero-order valence-corrected chi connectivity index (χ0v) is 19.4. The summed E-state index contributed by atoms with van der Waals surface area (Å²) in [6.45, 7) is 2.39. The topological polar surface area (TPSA) is 69.0 Å². The Morgan fingerprint density at radius 2 is 1.86 bits per heavy atom. The normalized spacial score (nSPS) is 21.0. The minimum atomic E-state index is -4.69. The zero-order chi connectivity index (χ0) is 24.6. The van der Waals surface area contributed by atoms with Crippen molar-refractivity contribution in [1.29, 1.82) is 0 Å². The lowest BCUT2D eigenvalue weighted by atomic mass is 9.84. The highest BCUT2D eigenvalue weighted by Crippen LogP contribution is 2.33. The van der Waals surface area contributed by atoms with E-state index in [0.29, 0.717) is 21.9 Å². The van der Waals surface area contributed by atoms with Crippen LogP contribution in [0.5, 0.6) is 5.75 Å². The third-order valence-corrected chi connectivity index (χ3v) is 6.97. The second-order valence-electron chi connectivity index (χ2n) is 9.15. The van der Waals surface area contributed by atoms with Crippen LogP contribution in [0.15, 0.2) is 36.4 Å². The number of benzene rings is 1. The molecule has 0 saturated carbocycles. The standard InChI is InChI=1S/C25H27F3N4O3/c1-34-18-9-7-16(8-10-18)19-13-22(25(26,27)28)32-23(29-19)14-20(30-32)24(33)35-15-17-5-4-12-31-11-3-2-6-21(17)31/h7-10,13-14,17,21H,2-6,11-12,15H2,1H3/t17-,21-/m1/s1. The summed E-state index contributed by atoms with van der Waals surface area (Å²) < 4.78 is 52.9. The van der Waals surface area contributed by atoms with Crippen LogP contribution in [0, 0.1) is 5.92 Å². The summed E-state index contributed by atoms with van der Waals surface area (Å²) in [4.78, 5) is 19.6. The van der Waals surface area contributed by atoms with Gasteiger partial charge in [0.2, 0.25) is 0 Å². The first kappa shape index (κ1) is 23.6. The molecule has 10 heteroatoms. The molecule has 7 nitrogen and oxygen atoms in total. The van der Waals surface area contributed by atoms with Crippen molar-refractivity contribution >= 4 is 11.6 Å². The fraction of sp³-hybridized carbons (Fsp3) is 0.480. The summed E-state index contributed by atoms with van der Waals surface area (Å²) in [5.74, 6) is 0.0766. The van der Waals surface area contributed by atoms with E-state index in [4.69, 9.17) is 9.47 Å². The van der Waals surface area contributed by atoms with E-state index in [0.717, 1.165) is 38.4 Å². The first-order valence-corrected chi connectivity index (χ1v) is 11.9. The SMILES string of the molecule is COc1ccc(-c2cc(C(F)(F)F)n3nc(C(=O)OC[C@H]4CCCN5CCCC[C@H]45)cc3n2)cc1. The van der Waals surface area contributed by atoms with Gasteiger partial charge in [-0.15, -0.1) is 0 Å². The molecule has 2 aliphatic heterocycles. The zero-order valence-electron chi connectivity index (χ0n) is 19.4. The fourth-order valence-electron chi connectivity index (χ4n) is 5.21. The number of methoxy groups -OCH3 is 1. The minimum absolute atomic E-state index is 0.0753. The number of alkyl halides is 3. The van der Waals surface area contributed by atoms with Gasteiger partial charge in [-0.2, -0.15) is 18.3 Å². The van der Waals surface area contributed by atoms with Gasteiger partial charge >= 0.3 is 12.1 Å². The summed E-state index contributed by atoms with van der Waals surface area (Å²) in [5.41, 5.74) is -0.678. The van der Waals surface area contributed by atoms with Crippen LogP contribution in [-0.4, -0.2) is 58.3 Å². The van der Waals surface area contributed by atoms with Crippen LogP contribution in [0.25, 0.3) is 16.9 Å². The molecular weight excluding hydrogens is 461 g/mol. The number of nitrogens with zero attached hydrogens (tertiary/aromatic N) is 4. The molecule has 35 heavy (non-hydrogen) atoms.